The zero-order valence-corrected chi connectivity index (χ0v) is 20.2. The molecule has 3 heterocycles. The Labute approximate surface area is 203 Å². The van der Waals surface area contributed by atoms with Crippen LogP contribution >= 0.6 is 22.9 Å². The maximum Gasteiger partial charge on any atom is 0.405 e. The van der Waals surface area contributed by atoms with Crippen LogP contribution in [0.1, 0.15) is 26.3 Å². The lowest BCUT2D eigenvalue weighted by atomic mass is 9.85. The van der Waals surface area contributed by atoms with Crippen molar-refractivity contribution in [2.75, 3.05) is 0 Å². The Bertz CT molecular complexity index is 1390. The van der Waals surface area contributed by atoms with E-state index in [1.54, 1.807) is 13.8 Å². The Morgan fingerprint density at radius 3 is 2.71 bits per heavy atom. The molecule has 1 atom stereocenters. The minimum Gasteiger partial charge on any atom is -0.443 e. The van der Waals surface area contributed by atoms with Crippen molar-refractivity contribution in [3.63, 3.8) is 0 Å². The van der Waals surface area contributed by atoms with Gasteiger partial charge in [0, 0.05) is 17.0 Å². The van der Waals surface area contributed by atoms with E-state index in [9.17, 15) is 13.6 Å². The highest BCUT2D eigenvalue weighted by Gasteiger charge is 2.30. The number of nitrogens with zero attached hydrogens (tertiary/aromatic N) is 3. The molecule has 4 aromatic rings. The summed E-state index contributed by atoms with van der Waals surface area (Å²) in [5, 5.41) is 0.794. The summed E-state index contributed by atoms with van der Waals surface area (Å²) in [6, 6.07) is 8.81. The number of hydrogen-bond acceptors (Lipinski definition) is 6. The predicted octanol–water partition coefficient (Wildman–Crippen LogP) is 6.40. The van der Waals surface area contributed by atoms with E-state index in [0.29, 0.717) is 16.9 Å². The minimum absolute atomic E-state index is 0.0534. The lowest BCUT2D eigenvalue weighted by Crippen LogP contribution is -2.38. The molecule has 1 aromatic carbocycles. The summed E-state index contributed by atoms with van der Waals surface area (Å²) in [5.74, 6) is -1.36. The fourth-order valence-corrected chi connectivity index (χ4v) is 5.03. The third kappa shape index (κ3) is 4.85. The molecule has 6 nitrogen and oxygen atoms in total. The Balaban J connectivity index is 1.80. The van der Waals surface area contributed by atoms with E-state index in [-0.39, 0.29) is 16.9 Å². The van der Waals surface area contributed by atoms with Gasteiger partial charge >= 0.3 is 6.09 Å². The lowest BCUT2D eigenvalue weighted by molar-refractivity contribution is 0.00480. The molecule has 0 saturated heterocycles. The number of pyridine rings is 1. The van der Waals surface area contributed by atoms with E-state index in [0.717, 1.165) is 27.4 Å². The summed E-state index contributed by atoms with van der Waals surface area (Å²) >= 11 is 7.20. The topological polar surface area (TPSA) is 91.0 Å². The Morgan fingerprint density at radius 1 is 1.21 bits per heavy atom. The predicted molar refractivity (Wildman–Crippen MR) is 129 cm³/mol. The summed E-state index contributed by atoms with van der Waals surface area (Å²) in [5.41, 5.74) is 6.67. The second-order valence-corrected chi connectivity index (χ2v) is 9.85. The molecule has 3 aromatic heterocycles. The summed E-state index contributed by atoms with van der Waals surface area (Å²) in [4.78, 5) is 23.4. The number of halogens is 3. The lowest BCUT2D eigenvalue weighted by Gasteiger charge is -2.31. The number of ether oxygens (including phenoxy) is 1. The Hall–Kier alpha value is -3.17. The number of benzene rings is 1. The summed E-state index contributed by atoms with van der Waals surface area (Å²) < 4.78 is 34.8. The van der Waals surface area contributed by atoms with Gasteiger partial charge in [-0.05, 0) is 65.9 Å². The highest BCUT2D eigenvalue weighted by molar-refractivity contribution is 7.22. The zero-order chi connectivity index (χ0) is 24.6. The van der Waals surface area contributed by atoms with Crippen LogP contribution < -0.4 is 5.73 Å². The minimum atomic E-state index is -0.859. The molecule has 0 spiro atoms. The SMILES string of the molecule is CC(Cc1cnc(F)cc1-c1cccc2cc(-c3nc(Cl)ncc3F)sc12)C(C)(C)OC(N)=O. The van der Waals surface area contributed by atoms with Gasteiger partial charge in [-0.3, -0.25) is 0 Å². The number of hydrogen-bond donors (Lipinski definition) is 1. The van der Waals surface area contributed by atoms with E-state index >= 15 is 0 Å². The Morgan fingerprint density at radius 2 is 1.97 bits per heavy atom. The van der Waals surface area contributed by atoms with Crippen LogP contribution in [0.5, 0.6) is 0 Å². The van der Waals surface area contributed by atoms with E-state index in [1.807, 2.05) is 31.2 Å². The molecule has 0 radical (unpaired) electrons. The number of aromatic nitrogens is 3. The van der Waals surface area contributed by atoms with E-state index in [4.69, 9.17) is 22.1 Å². The molecule has 4 rings (SSSR count). The number of primary amides is 1. The van der Waals surface area contributed by atoms with E-state index in [2.05, 4.69) is 15.0 Å². The largest absolute Gasteiger partial charge is 0.443 e. The standard InChI is InChI=1S/C24H21ClF2N4O2S/c1-12(24(2,3)33-23(28)32)7-14-10-29-19(27)9-16(14)15-6-4-5-13-8-18(34-21(13)15)20-17(26)11-30-22(25)31-20/h4-6,8-12H,7H2,1-3H3,(H2,28,32). The number of carbonyl (C=O) groups is 1. The molecular weight excluding hydrogens is 482 g/mol. The third-order valence-corrected chi connectivity index (χ3v) is 7.18. The van der Waals surface area contributed by atoms with Crippen molar-refractivity contribution in [3.8, 4) is 21.7 Å². The van der Waals surface area contributed by atoms with Gasteiger partial charge in [0.15, 0.2) is 5.82 Å². The summed E-state index contributed by atoms with van der Waals surface area (Å²) in [6.07, 6.45) is 2.11. The van der Waals surface area contributed by atoms with Gasteiger partial charge < -0.3 is 10.5 Å². The van der Waals surface area contributed by atoms with E-state index < -0.39 is 23.5 Å². The van der Waals surface area contributed by atoms with Gasteiger partial charge in [0.25, 0.3) is 0 Å². The van der Waals surface area contributed by atoms with Gasteiger partial charge in [0.2, 0.25) is 11.2 Å². The van der Waals surface area contributed by atoms with Crippen molar-refractivity contribution in [2.24, 2.45) is 11.7 Å². The molecule has 0 fully saturated rings. The highest BCUT2D eigenvalue weighted by Crippen LogP contribution is 2.41. The van der Waals surface area contributed by atoms with Crippen LogP contribution in [0.15, 0.2) is 42.7 Å². The fourth-order valence-electron chi connectivity index (χ4n) is 3.72. The molecule has 2 N–H and O–H groups in total. The highest BCUT2D eigenvalue weighted by atomic mass is 35.5. The monoisotopic (exact) mass is 502 g/mol. The second-order valence-electron chi connectivity index (χ2n) is 8.46. The number of amides is 1. The van der Waals surface area contributed by atoms with Crippen LogP contribution in [0.3, 0.4) is 0 Å². The summed E-state index contributed by atoms with van der Waals surface area (Å²) in [6.45, 7) is 5.46. The van der Waals surface area contributed by atoms with Gasteiger partial charge in [-0.2, -0.15) is 4.39 Å². The molecule has 10 heteroatoms. The molecule has 0 aliphatic heterocycles. The Kier molecular flexibility index (Phi) is 6.51. The maximum absolute atomic E-state index is 14.4. The molecule has 0 saturated carbocycles. The number of carbonyl (C=O) groups excluding carboxylic acids is 1. The number of nitrogens with two attached hydrogens (primary N) is 1. The molecule has 0 aliphatic rings. The van der Waals surface area contributed by atoms with Gasteiger partial charge in [-0.15, -0.1) is 11.3 Å². The molecule has 34 heavy (non-hydrogen) atoms. The van der Waals surface area contributed by atoms with Crippen molar-refractivity contribution in [1.29, 1.82) is 0 Å². The first-order valence-electron chi connectivity index (χ1n) is 10.4. The van der Waals surface area contributed by atoms with Gasteiger partial charge in [0.05, 0.1) is 11.1 Å². The molecule has 1 unspecified atom stereocenters. The van der Waals surface area contributed by atoms with Crippen molar-refractivity contribution in [2.45, 2.75) is 32.8 Å². The zero-order valence-electron chi connectivity index (χ0n) is 18.6. The van der Waals surface area contributed by atoms with Crippen LogP contribution in [0.4, 0.5) is 13.6 Å². The maximum atomic E-state index is 14.4. The molecule has 0 bridgehead atoms. The third-order valence-electron chi connectivity index (χ3n) is 5.81. The molecular formula is C24H21ClF2N4O2S. The van der Waals surface area contributed by atoms with Gasteiger partial charge in [-0.25, -0.2) is 24.1 Å². The average molecular weight is 503 g/mol. The van der Waals surface area contributed by atoms with Crippen molar-refractivity contribution >= 4 is 39.1 Å². The first kappa shape index (κ1) is 24.0. The number of rotatable bonds is 6. The number of thiophene rings is 1. The number of fused-ring (bicyclic) bond motifs is 1. The molecule has 1 amide bonds. The quantitative estimate of drug-likeness (QED) is 0.243. The van der Waals surface area contributed by atoms with Crippen LogP contribution in [0.25, 0.3) is 31.8 Å². The van der Waals surface area contributed by atoms with Crippen LogP contribution in [-0.4, -0.2) is 26.6 Å². The second kappa shape index (κ2) is 9.23. The molecule has 176 valence electrons. The van der Waals surface area contributed by atoms with Gasteiger partial charge in [0.1, 0.15) is 11.3 Å². The first-order valence-corrected chi connectivity index (χ1v) is 11.6. The van der Waals surface area contributed by atoms with Crippen molar-refractivity contribution in [1.82, 2.24) is 15.0 Å². The van der Waals surface area contributed by atoms with Crippen LogP contribution in [0, 0.1) is 17.7 Å². The normalized spacial score (nSPS) is 12.6. The van der Waals surface area contributed by atoms with Crippen molar-refractivity contribution < 1.29 is 18.3 Å². The average Bonchev–Trinajstić information content (AvgIpc) is 3.20. The van der Waals surface area contributed by atoms with Gasteiger partial charge in [-0.1, -0.05) is 25.1 Å². The fraction of sp³-hybridized carbons (Fsp3) is 0.250. The first-order chi connectivity index (χ1) is 16.0. The van der Waals surface area contributed by atoms with Crippen molar-refractivity contribution in [3.05, 3.63) is 65.3 Å². The van der Waals surface area contributed by atoms with Crippen LogP contribution in [0.2, 0.25) is 5.28 Å². The van der Waals surface area contributed by atoms with E-state index in [1.165, 1.54) is 23.6 Å². The smallest absolute Gasteiger partial charge is 0.405 e. The summed E-state index contributed by atoms with van der Waals surface area (Å²) in [7, 11) is 0. The van der Waals surface area contributed by atoms with Crippen LogP contribution in [-0.2, 0) is 11.2 Å². The molecule has 0 aliphatic carbocycles.